The standard InChI is InChI=1S/C32H45N5O3.C7H6F2/c1-5-16-36(17-6-2)32(39)29-21-27(30-34-15-18-37(30)24-40-8-4)20-28(22-29)31(38)35-14-10-13-33-23-26-12-9-11-25(7-3)19-26;1-5-2-6(8)4-7(9)3-5/h9,11-12,15,18-22,33H,5-8,10,13-14,16-17,23-24H2,1-4H3,(H,35,38);2-4H,1H3. The molecule has 0 atom stereocenters. The van der Waals surface area contributed by atoms with Gasteiger partial charge in [-0.3, -0.25) is 9.59 Å². The Morgan fingerprint density at radius 1 is 0.878 bits per heavy atom. The number of imidazole rings is 1. The van der Waals surface area contributed by atoms with Crippen LogP contribution in [0.25, 0.3) is 11.4 Å². The van der Waals surface area contributed by atoms with Crippen molar-refractivity contribution in [3.63, 3.8) is 0 Å². The van der Waals surface area contributed by atoms with E-state index in [0.29, 0.717) is 61.1 Å². The van der Waals surface area contributed by atoms with E-state index in [-0.39, 0.29) is 11.8 Å². The third-order valence-electron chi connectivity index (χ3n) is 7.68. The van der Waals surface area contributed by atoms with Crippen LogP contribution in [0, 0.1) is 18.6 Å². The van der Waals surface area contributed by atoms with Crippen molar-refractivity contribution in [2.45, 2.75) is 73.6 Å². The lowest BCUT2D eigenvalue weighted by atomic mass is 10.0. The van der Waals surface area contributed by atoms with Gasteiger partial charge in [0.1, 0.15) is 24.2 Å². The van der Waals surface area contributed by atoms with Crippen molar-refractivity contribution in [1.29, 1.82) is 0 Å². The van der Waals surface area contributed by atoms with E-state index >= 15 is 0 Å². The van der Waals surface area contributed by atoms with E-state index in [1.165, 1.54) is 23.3 Å². The highest BCUT2D eigenvalue weighted by molar-refractivity contribution is 6.01. The summed E-state index contributed by atoms with van der Waals surface area (Å²) in [5.74, 6) is -0.656. The van der Waals surface area contributed by atoms with Crippen molar-refractivity contribution in [3.05, 3.63) is 113 Å². The van der Waals surface area contributed by atoms with Crippen LogP contribution in [0.3, 0.4) is 0 Å². The topological polar surface area (TPSA) is 88.5 Å². The first-order chi connectivity index (χ1) is 23.7. The lowest BCUT2D eigenvalue weighted by Gasteiger charge is -2.22. The highest BCUT2D eigenvalue weighted by Gasteiger charge is 2.20. The maximum absolute atomic E-state index is 13.5. The Morgan fingerprint density at radius 3 is 2.22 bits per heavy atom. The summed E-state index contributed by atoms with van der Waals surface area (Å²) >= 11 is 0. The van der Waals surface area contributed by atoms with Crippen LogP contribution in [-0.2, 0) is 24.4 Å². The van der Waals surface area contributed by atoms with Crippen LogP contribution >= 0.6 is 0 Å². The second-order valence-electron chi connectivity index (χ2n) is 11.8. The number of rotatable bonds is 17. The first kappa shape index (κ1) is 39.0. The highest BCUT2D eigenvalue weighted by atomic mass is 19.1. The smallest absolute Gasteiger partial charge is 0.253 e. The minimum atomic E-state index is -0.521. The Hall–Kier alpha value is -4.41. The summed E-state index contributed by atoms with van der Waals surface area (Å²) in [4.78, 5) is 33.1. The van der Waals surface area contributed by atoms with Crippen molar-refractivity contribution in [2.75, 3.05) is 32.8 Å². The fourth-order valence-electron chi connectivity index (χ4n) is 5.31. The fourth-order valence-corrected chi connectivity index (χ4v) is 5.31. The number of ether oxygens (including phenoxy) is 1. The average molecular weight is 676 g/mol. The molecule has 2 amide bonds. The zero-order chi connectivity index (χ0) is 35.6. The number of nitrogens with zero attached hydrogens (tertiary/aromatic N) is 3. The molecule has 49 heavy (non-hydrogen) atoms. The number of aryl methyl sites for hydroxylation is 2. The molecule has 0 aliphatic carbocycles. The van der Waals surface area contributed by atoms with Crippen LogP contribution in [0.4, 0.5) is 8.78 Å². The van der Waals surface area contributed by atoms with Gasteiger partial charge in [0.2, 0.25) is 0 Å². The minimum Gasteiger partial charge on any atom is -0.361 e. The predicted octanol–water partition coefficient (Wildman–Crippen LogP) is 7.55. The molecule has 1 heterocycles. The molecule has 8 nitrogen and oxygen atoms in total. The molecule has 0 radical (unpaired) electrons. The molecular weight excluding hydrogens is 624 g/mol. The van der Waals surface area contributed by atoms with Gasteiger partial charge in [-0.1, -0.05) is 45.0 Å². The zero-order valence-corrected chi connectivity index (χ0v) is 29.5. The molecule has 3 aromatic carbocycles. The van der Waals surface area contributed by atoms with Gasteiger partial charge in [0.25, 0.3) is 11.8 Å². The largest absolute Gasteiger partial charge is 0.361 e. The van der Waals surface area contributed by atoms with Crippen LogP contribution in [0.15, 0.2) is 73.1 Å². The summed E-state index contributed by atoms with van der Waals surface area (Å²) in [5.41, 5.74) is 4.85. The minimum absolute atomic E-state index is 0.0705. The van der Waals surface area contributed by atoms with Crippen LogP contribution < -0.4 is 10.6 Å². The molecule has 0 aliphatic rings. The number of halogens is 2. The lowest BCUT2D eigenvalue weighted by molar-refractivity contribution is 0.0755. The van der Waals surface area contributed by atoms with Crippen LogP contribution in [0.1, 0.15) is 84.4 Å². The summed E-state index contributed by atoms with van der Waals surface area (Å²) in [5, 5.41) is 6.48. The van der Waals surface area contributed by atoms with Gasteiger partial charge in [-0.15, -0.1) is 0 Å². The number of carbonyl (C=O) groups excluding carboxylic acids is 2. The van der Waals surface area contributed by atoms with Gasteiger partial charge in [-0.05, 0) is 93.1 Å². The van der Waals surface area contributed by atoms with E-state index < -0.39 is 11.6 Å². The molecule has 1 aromatic heterocycles. The summed E-state index contributed by atoms with van der Waals surface area (Å²) in [6.07, 6.45) is 7.10. The molecule has 0 aliphatic heterocycles. The molecule has 0 fully saturated rings. The zero-order valence-electron chi connectivity index (χ0n) is 29.5. The Bertz CT molecular complexity index is 1570. The lowest BCUT2D eigenvalue weighted by Crippen LogP contribution is -2.33. The third-order valence-corrected chi connectivity index (χ3v) is 7.68. The van der Waals surface area contributed by atoms with Gasteiger partial charge < -0.3 is 24.8 Å². The molecule has 10 heteroatoms. The number of amides is 2. The molecule has 0 saturated carbocycles. The Labute approximate surface area is 289 Å². The van der Waals surface area contributed by atoms with Crippen LogP contribution in [0.5, 0.6) is 0 Å². The molecule has 0 bridgehead atoms. The number of carbonyl (C=O) groups is 2. The van der Waals surface area contributed by atoms with E-state index in [2.05, 4.69) is 60.7 Å². The van der Waals surface area contributed by atoms with Gasteiger partial charge in [-0.2, -0.15) is 0 Å². The number of benzene rings is 3. The Balaban J connectivity index is 0.000000624. The number of hydrogen-bond donors (Lipinski definition) is 2. The van der Waals surface area contributed by atoms with E-state index in [9.17, 15) is 18.4 Å². The van der Waals surface area contributed by atoms with Crippen LogP contribution in [0.2, 0.25) is 0 Å². The fraction of sp³-hybridized carbons (Fsp3) is 0.410. The van der Waals surface area contributed by atoms with Crippen molar-refractivity contribution in [2.24, 2.45) is 0 Å². The Kier molecular flexibility index (Phi) is 16.6. The van der Waals surface area contributed by atoms with Crippen molar-refractivity contribution in [1.82, 2.24) is 25.1 Å². The normalized spacial score (nSPS) is 10.8. The number of aromatic nitrogens is 2. The van der Waals surface area contributed by atoms with Gasteiger partial charge in [0.15, 0.2) is 0 Å². The summed E-state index contributed by atoms with van der Waals surface area (Å²) < 4.78 is 31.8. The number of hydrogen-bond acceptors (Lipinski definition) is 5. The number of nitrogens with one attached hydrogen (secondary N) is 2. The quantitative estimate of drug-likeness (QED) is 0.113. The molecule has 0 unspecified atom stereocenters. The first-order valence-electron chi connectivity index (χ1n) is 17.2. The maximum Gasteiger partial charge on any atom is 0.253 e. The average Bonchev–Trinajstić information content (AvgIpc) is 3.56. The molecule has 2 N–H and O–H groups in total. The van der Waals surface area contributed by atoms with E-state index in [1.807, 2.05) is 28.7 Å². The molecule has 264 valence electrons. The first-order valence-corrected chi connectivity index (χ1v) is 17.2. The van der Waals surface area contributed by atoms with Gasteiger partial charge >= 0.3 is 0 Å². The second-order valence-corrected chi connectivity index (χ2v) is 11.8. The monoisotopic (exact) mass is 675 g/mol. The van der Waals surface area contributed by atoms with Crippen molar-refractivity contribution >= 4 is 11.8 Å². The second kappa shape index (κ2) is 20.8. The van der Waals surface area contributed by atoms with E-state index in [0.717, 1.165) is 44.8 Å². The van der Waals surface area contributed by atoms with Gasteiger partial charge in [0, 0.05) is 67.9 Å². The van der Waals surface area contributed by atoms with E-state index in [4.69, 9.17) is 4.74 Å². The molecule has 4 rings (SSSR count). The SMILES string of the molecule is CCCN(CCC)C(=O)c1cc(C(=O)NCCCNCc2cccc(CC)c2)cc(-c2nccn2COCC)c1.Cc1cc(F)cc(F)c1. The predicted molar refractivity (Wildman–Crippen MR) is 191 cm³/mol. The van der Waals surface area contributed by atoms with Gasteiger partial charge in [0.05, 0.1) is 0 Å². The summed E-state index contributed by atoms with van der Waals surface area (Å²) in [7, 11) is 0. The Morgan fingerprint density at radius 2 is 1.57 bits per heavy atom. The summed E-state index contributed by atoms with van der Waals surface area (Å²) in [6.45, 7) is 14.3. The van der Waals surface area contributed by atoms with Crippen molar-refractivity contribution < 1.29 is 23.1 Å². The highest BCUT2D eigenvalue weighted by Crippen LogP contribution is 2.23. The van der Waals surface area contributed by atoms with Gasteiger partial charge in [-0.25, -0.2) is 13.8 Å². The van der Waals surface area contributed by atoms with E-state index in [1.54, 1.807) is 25.3 Å². The maximum atomic E-state index is 13.5. The third kappa shape index (κ3) is 12.9. The molecular formula is C39H51F2N5O3. The molecule has 0 saturated heterocycles. The molecule has 0 spiro atoms. The van der Waals surface area contributed by atoms with Crippen LogP contribution in [-0.4, -0.2) is 59.1 Å². The molecule has 4 aromatic rings. The summed E-state index contributed by atoms with van der Waals surface area (Å²) in [6, 6.07) is 17.3. The van der Waals surface area contributed by atoms with Crippen molar-refractivity contribution in [3.8, 4) is 11.4 Å².